The van der Waals surface area contributed by atoms with E-state index in [0.29, 0.717) is 41.9 Å². The second-order valence-electron chi connectivity index (χ2n) is 5.84. The first-order valence-electron chi connectivity index (χ1n) is 7.58. The maximum atomic E-state index is 12.3. The average Bonchev–Trinajstić information content (AvgIpc) is 2.80. The summed E-state index contributed by atoms with van der Waals surface area (Å²) >= 11 is 0. The number of fused-ring (bicyclic) bond motifs is 1. The lowest BCUT2D eigenvalue weighted by Crippen LogP contribution is -2.44. The highest BCUT2D eigenvalue weighted by molar-refractivity contribution is 6.01. The van der Waals surface area contributed by atoms with Gasteiger partial charge in [-0.15, -0.1) is 0 Å². The molecule has 2 N–H and O–H groups in total. The predicted molar refractivity (Wildman–Crippen MR) is 84.6 cm³/mol. The first-order chi connectivity index (χ1) is 11.0. The molecule has 1 aliphatic rings. The lowest BCUT2D eigenvalue weighted by Gasteiger charge is -2.30. The number of furan rings is 1. The van der Waals surface area contributed by atoms with Crippen molar-refractivity contribution in [3.63, 3.8) is 0 Å². The molecule has 0 radical (unpaired) electrons. The van der Waals surface area contributed by atoms with Crippen LogP contribution in [0.3, 0.4) is 0 Å². The molecule has 23 heavy (non-hydrogen) atoms. The molecule has 2 aromatic rings. The van der Waals surface area contributed by atoms with Gasteiger partial charge in [0.15, 0.2) is 0 Å². The Balaban J connectivity index is 1.80. The van der Waals surface area contributed by atoms with Crippen LogP contribution in [0.4, 0.5) is 5.88 Å². The largest absolute Gasteiger partial charge is 0.444 e. The first-order valence-corrected chi connectivity index (χ1v) is 7.58. The molecule has 8 heteroatoms. The zero-order valence-corrected chi connectivity index (χ0v) is 13.4. The number of ether oxygens (including phenoxy) is 1. The lowest BCUT2D eigenvalue weighted by atomic mass is 10.2. The first kappa shape index (κ1) is 15.7. The Morgan fingerprint density at radius 3 is 2.96 bits per heavy atom. The summed E-state index contributed by atoms with van der Waals surface area (Å²) in [4.78, 5) is 26.3. The third-order valence-electron chi connectivity index (χ3n) is 3.94. The number of carbonyl (C=O) groups is 1. The minimum atomic E-state index is -0.377. The molecule has 124 valence electrons. The number of morpholine rings is 1. The monoisotopic (exact) mass is 320 g/mol. The smallest absolute Gasteiger partial charge is 0.277 e. The summed E-state index contributed by atoms with van der Waals surface area (Å²) in [6.07, 6.45) is 0.111. The number of hydrogen-bond donors (Lipinski definition) is 2. The molecule has 0 bridgehead atoms. The van der Waals surface area contributed by atoms with E-state index in [-0.39, 0.29) is 30.0 Å². The van der Waals surface area contributed by atoms with Crippen LogP contribution in [0.1, 0.15) is 18.4 Å². The maximum absolute atomic E-state index is 12.3. The Morgan fingerprint density at radius 2 is 2.22 bits per heavy atom. The topological polar surface area (TPSA) is 100 Å². The van der Waals surface area contributed by atoms with Gasteiger partial charge in [0.1, 0.15) is 11.1 Å². The van der Waals surface area contributed by atoms with Crippen LogP contribution < -0.4 is 10.9 Å². The van der Waals surface area contributed by atoms with Gasteiger partial charge in [0.25, 0.3) is 5.56 Å². The van der Waals surface area contributed by atoms with E-state index in [0.717, 1.165) is 0 Å². The zero-order valence-electron chi connectivity index (χ0n) is 13.4. The molecule has 1 amide bonds. The molecule has 0 aromatic carbocycles. The van der Waals surface area contributed by atoms with Crippen molar-refractivity contribution in [3.8, 4) is 0 Å². The molecule has 0 spiro atoms. The van der Waals surface area contributed by atoms with Gasteiger partial charge in [-0.2, -0.15) is 5.10 Å². The van der Waals surface area contributed by atoms with E-state index < -0.39 is 0 Å². The van der Waals surface area contributed by atoms with Gasteiger partial charge in [-0.3, -0.25) is 19.8 Å². The van der Waals surface area contributed by atoms with Crippen molar-refractivity contribution < 1.29 is 13.9 Å². The van der Waals surface area contributed by atoms with Crippen LogP contribution in [0, 0.1) is 13.8 Å². The quantitative estimate of drug-likeness (QED) is 0.867. The highest BCUT2D eigenvalue weighted by atomic mass is 16.5. The third kappa shape index (κ3) is 3.13. The molecule has 3 heterocycles. The molecule has 8 nitrogen and oxygen atoms in total. The van der Waals surface area contributed by atoms with Gasteiger partial charge in [0, 0.05) is 13.1 Å². The van der Waals surface area contributed by atoms with Crippen LogP contribution in [0.2, 0.25) is 0 Å². The number of carbonyl (C=O) groups excluding carboxylic acids is 1. The zero-order chi connectivity index (χ0) is 16.6. The Labute approximate surface area is 132 Å². The number of aromatic amines is 1. The van der Waals surface area contributed by atoms with Gasteiger partial charge in [0.2, 0.25) is 11.8 Å². The van der Waals surface area contributed by atoms with Gasteiger partial charge in [-0.25, -0.2) is 5.10 Å². The van der Waals surface area contributed by atoms with E-state index in [2.05, 4.69) is 15.5 Å². The van der Waals surface area contributed by atoms with E-state index in [1.54, 1.807) is 13.8 Å². The molecule has 1 unspecified atom stereocenters. The fourth-order valence-electron chi connectivity index (χ4n) is 2.93. The second-order valence-corrected chi connectivity index (χ2v) is 5.84. The molecule has 3 rings (SSSR count). The van der Waals surface area contributed by atoms with Gasteiger partial charge in [-0.1, -0.05) is 0 Å². The van der Waals surface area contributed by atoms with Crippen LogP contribution >= 0.6 is 0 Å². The van der Waals surface area contributed by atoms with E-state index in [1.807, 2.05) is 11.8 Å². The Morgan fingerprint density at radius 1 is 1.43 bits per heavy atom. The minimum absolute atomic E-state index is 0.111. The standard InChI is InChI=1S/C15H20N4O4/c1-8-6-19(4-5-22-8)7-11(20)16-15-13-12(10(3)23-15)9(2)17-18-14(13)21/h8H,4-7H2,1-3H3,(H,16,20)(H,18,21). The van der Waals surface area contributed by atoms with Crippen molar-refractivity contribution in [1.29, 1.82) is 0 Å². The molecule has 1 fully saturated rings. The summed E-state index contributed by atoms with van der Waals surface area (Å²) in [6.45, 7) is 7.76. The highest BCUT2D eigenvalue weighted by Gasteiger charge is 2.22. The van der Waals surface area contributed by atoms with Crippen molar-refractivity contribution in [1.82, 2.24) is 15.1 Å². The van der Waals surface area contributed by atoms with Crippen LogP contribution in [0.15, 0.2) is 9.21 Å². The molecular formula is C15H20N4O4. The SMILES string of the molecule is Cc1n[nH]c(=O)c2c(NC(=O)CN3CCOC(C)C3)oc(C)c12. The molecule has 0 saturated carbocycles. The molecule has 1 saturated heterocycles. The third-order valence-corrected chi connectivity index (χ3v) is 3.94. The van der Waals surface area contributed by atoms with Crippen molar-refractivity contribution >= 4 is 22.6 Å². The van der Waals surface area contributed by atoms with Crippen LogP contribution in [0.25, 0.3) is 10.8 Å². The van der Waals surface area contributed by atoms with E-state index in [1.165, 1.54) is 0 Å². The number of rotatable bonds is 3. The van der Waals surface area contributed by atoms with Gasteiger partial charge in [-0.05, 0) is 20.8 Å². The fourth-order valence-corrected chi connectivity index (χ4v) is 2.93. The number of aromatic nitrogens is 2. The predicted octanol–water partition coefficient (Wildman–Crippen LogP) is 0.792. The summed E-state index contributed by atoms with van der Waals surface area (Å²) in [5.41, 5.74) is 0.279. The van der Waals surface area contributed by atoms with Crippen molar-refractivity contribution in [2.45, 2.75) is 26.9 Å². The summed E-state index contributed by atoms with van der Waals surface area (Å²) in [5.74, 6) is 0.519. The number of aryl methyl sites for hydroxylation is 2. The number of nitrogens with one attached hydrogen (secondary N) is 2. The van der Waals surface area contributed by atoms with Gasteiger partial charge in [0.05, 0.1) is 30.3 Å². The molecule has 1 aliphatic heterocycles. The van der Waals surface area contributed by atoms with Crippen LogP contribution in [0.5, 0.6) is 0 Å². The molecule has 2 aromatic heterocycles. The van der Waals surface area contributed by atoms with E-state index >= 15 is 0 Å². The summed E-state index contributed by atoms with van der Waals surface area (Å²) in [5, 5.41) is 10.0. The Hall–Kier alpha value is -2.19. The van der Waals surface area contributed by atoms with Crippen molar-refractivity contribution in [3.05, 3.63) is 21.8 Å². The average molecular weight is 320 g/mol. The van der Waals surface area contributed by atoms with Gasteiger partial charge >= 0.3 is 0 Å². The number of hydrogen-bond acceptors (Lipinski definition) is 6. The number of H-pyrrole nitrogens is 1. The molecular weight excluding hydrogens is 300 g/mol. The summed E-state index contributed by atoms with van der Waals surface area (Å²) in [6, 6.07) is 0. The van der Waals surface area contributed by atoms with Gasteiger partial charge < -0.3 is 9.15 Å². The number of anilines is 1. The highest BCUT2D eigenvalue weighted by Crippen LogP contribution is 2.28. The van der Waals surface area contributed by atoms with Crippen LogP contribution in [-0.4, -0.2) is 53.3 Å². The number of amides is 1. The van der Waals surface area contributed by atoms with E-state index in [9.17, 15) is 9.59 Å². The fraction of sp³-hybridized carbons (Fsp3) is 0.533. The second kappa shape index (κ2) is 6.13. The Kier molecular flexibility index (Phi) is 4.18. The maximum Gasteiger partial charge on any atom is 0.277 e. The summed E-state index contributed by atoms with van der Waals surface area (Å²) < 4.78 is 11.0. The lowest BCUT2D eigenvalue weighted by molar-refractivity contribution is -0.119. The van der Waals surface area contributed by atoms with E-state index in [4.69, 9.17) is 9.15 Å². The van der Waals surface area contributed by atoms with Crippen molar-refractivity contribution in [2.75, 3.05) is 31.6 Å². The minimum Gasteiger partial charge on any atom is -0.444 e. The molecule has 0 aliphatic carbocycles. The van der Waals surface area contributed by atoms with Crippen molar-refractivity contribution in [2.24, 2.45) is 0 Å². The Bertz CT molecular complexity index is 795. The van der Waals surface area contributed by atoms with Crippen LogP contribution in [-0.2, 0) is 9.53 Å². The molecule has 1 atom stereocenters. The normalized spacial score (nSPS) is 19.2. The summed E-state index contributed by atoms with van der Waals surface area (Å²) in [7, 11) is 0. The number of nitrogens with zero attached hydrogens (tertiary/aromatic N) is 2.